The fourth-order valence-electron chi connectivity index (χ4n) is 2.27. The predicted molar refractivity (Wildman–Crippen MR) is 94.1 cm³/mol. The molecule has 3 aromatic rings. The van der Waals surface area contributed by atoms with Gasteiger partial charge in [0.05, 0.1) is 6.07 Å². The Morgan fingerprint density at radius 3 is 2.87 bits per heavy atom. The Hall–Kier alpha value is -2.93. The number of fused-ring (bicyclic) bond motifs is 1. The summed E-state index contributed by atoms with van der Waals surface area (Å²) < 4.78 is 2.02. The van der Waals surface area contributed by atoms with Crippen molar-refractivity contribution in [3.8, 4) is 11.8 Å². The van der Waals surface area contributed by atoms with Crippen LogP contribution in [-0.2, 0) is 0 Å². The number of nitrogens with zero attached hydrogens (tertiary/aromatic N) is 4. The summed E-state index contributed by atoms with van der Waals surface area (Å²) in [7, 11) is 0. The van der Waals surface area contributed by atoms with E-state index >= 15 is 0 Å². The molecular weight excluding hydrogens is 284 g/mol. The second-order valence-corrected chi connectivity index (χ2v) is 4.72. The summed E-state index contributed by atoms with van der Waals surface area (Å²) in [5, 5.41) is 10.0. The first-order chi connectivity index (χ1) is 11.3. The van der Waals surface area contributed by atoms with E-state index in [-0.39, 0.29) is 0 Å². The zero-order valence-electron chi connectivity index (χ0n) is 13.7. The Morgan fingerprint density at radius 2 is 2.13 bits per heavy atom. The summed E-state index contributed by atoms with van der Waals surface area (Å²) in [6, 6.07) is 12.3. The van der Waals surface area contributed by atoms with E-state index < -0.39 is 0 Å². The minimum atomic E-state index is 0.737. The van der Waals surface area contributed by atoms with Crippen LogP contribution >= 0.6 is 0 Å². The van der Waals surface area contributed by atoms with E-state index in [9.17, 15) is 0 Å². The van der Waals surface area contributed by atoms with Crippen LogP contribution in [0.3, 0.4) is 0 Å². The summed E-state index contributed by atoms with van der Waals surface area (Å²) in [5.74, 6) is 0. The molecule has 4 heteroatoms. The van der Waals surface area contributed by atoms with Crippen LogP contribution in [0.2, 0.25) is 0 Å². The maximum Gasteiger partial charge on any atom is 0.147 e. The van der Waals surface area contributed by atoms with Crippen molar-refractivity contribution in [3.05, 3.63) is 60.2 Å². The molecule has 2 heterocycles. The van der Waals surface area contributed by atoms with Crippen molar-refractivity contribution >= 4 is 17.1 Å². The number of hydrogen-bond acceptors (Lipinski definition) is 3. The third-order valence-corrected chi connectivity index (χ3v) is 3.36. The van der Waals surface area contributed by atoms with Gasteiger partial charge in [-0.3, -0.25) is 0 Å². The Morgan fingerprint density at radius 1 is 1.30 bits per heavy atom. The van der Waals surface area contributed by atoms with Gasteiger partial charge in [-0.05, 0) is 36.3 Å². The van der Waals surface area contributed by atoms with E-state index in [0.29, 0.717) is 0 Å². The topological polar surface area (TPSA) is 54.5 Å². The standard InChI is InChI=1S/C17H14N4.C2H6/c1-2-13(10-18)8-14-4-3-5-16(9-14)21-7-6-15-11-19-12-20-17(15)21;1-2/h3-9,11-12H,2H2,1H3;1-2H3/b13-8-;. The van der Waals surface area contributed by atoms with Crippen LogP contribution in [0.1, 0.15) is 32.8 Å². The van der Waals surface area contributed by atoms with E-state index in [0.717, 1.165) is 34.3 Å². The average molecular weight is 304 g/mol. The molecule has 4 nitrogen and oxygen atoms in total. The first kappa shape index (κ1) is 16.4. The highest BCUT2D eigenvalue weighted by atomic mass is 15.0. The third-order valence-electron chi connectivity index (χ3n) is 3.36. The molecule has 23 heavy (non-hydrogen) atoms. The monoisotopic (exact) mass is 304 g/mol. The van der Waals surface area contributed by atoms with Crippen LogP contribution in [0.25, 0.3) is 22.8 Å². The van der Waals surface area contributed by atoms with Crippen molar-refractivity contribution in [2.45, 2.75) is 27.2 Å². The van der Waals surface area contributed by atoms with Gasteiger partial charge in [0.1, 0.15) is 12.0 Å². The smallest absolute Gasteiger partial charge is 0.147 e. The molecule has 0 amide bonds. The molecule has 0 aliphatic carbocycles. The quantitative estimate of drug-likeness (QED) is 0.655. The van der Waals surface area contributed by atoms with Crippen molar-refractivity contribution < 1.29 is 0 Å². The Balaban J connectivity index is 0.000000924. The van der Waals surface area contributed by atoms with Crippen molar-refractivity contribution in [3.63, 3.8) is 0 Å². The van der Waals surface area contributed by atoms with Gasteiger partial charge in [-0.2, -0.15) is 5.26 Å². The van der Waals surface area contributed by atoms with Gasteiger partial charge in [-0.1, -0.05) is 32.9 Å². The highest BCUT2D eigenvalue weighted by Crippen LogP contribution is 2.19. The zero-order chi connectivity index (χ0) is 16.7. The SMILES string of the molecule is CC.CC/C(C#N)=C/c1cccc(-n2ccc3cncnc32)c1. The van der Waals surface area contributed by atoms with Crippen LogP contribution in [0.4, 0.5) is 0 Å². The summed E-state index contributed by atoms with van der Waals surface area (Å²) in [6.45, 7) is 5.98. The lowest BCUT2D eigenvalue weighted by Gasteiger charge is -2.06. The number of hydrogen-bond donors (Lipinski definition) is 0. The van der Waals surface area contributed by atoms with E-state index in [1.54, 1.807) is 12.5 Å². The fourth-order valence-corrected chi connectivity index (χ4v) is 2.27. The normalized spacial score (nSPS) is 10.8. The van der Waals surface area contributed by atoms with Gasteiger partial charge in [0, 0.05) is 29.0 Å². The molecule has 0 N–H and O–H groups in total. The summed E-state index contributed by atoms with van der Waals surface area (Å²) in [6.07, 6.45) is 7.98. The summed E-state index contributed by atoms with van der Waals surface area (Å²) in [4.78, 5) is 8.35. The predicted octanol–water partition coefficient (Wildman–Crippen LogP) is 4.76. The first-order valence-corrected chi connectivity index (χ1v) is 7.80. The minimum absolute atomic E-state index is 0.737. The van der Waals surface area contributed by atoms with Crippen molar-refractivity contribution in [2.75, 3.05) is 0 Å². The van der Waals surface area contributed by atoms with Crippen LogP contribution < -0.4 is 0 Å². The second kappa shape index (κ2) is 7.90. The van der Waals surface area contributed by atoms with Gasteiger partial charge in [-0.15, -0.1) is 0 Å². The molecule has 0 bridgehead atoms. The lowest BCUT2D eigenvalue weighted by molar-refractivity contribution is 1.07. The molecule has 116 valence electrons. The molecule has 1 aromatic carbocycles. The Kier molecular flexibility index (Phi) is 5.65. The average Bonchev–Trinajstić information content (AvgIpc) is 3.06. The second-order valence-electron chi connectivity index (χ2n) is 4.72. The fraction of sp³-hybridized carbons (Fsp3) is 0.211. The lowest BCUT2D eigenvalue weighted by atomic mass is 10.1. The molecule has 0 saturated carbocycles. The molecule has 3 rings (SSSR count). The largest absolute Gasteiger partial charge is 0.301 e. The first-order valence-electron chi connectivity index (χ1n) is 7.80. The van der Waals surface area contributed by atoms with Gasteiger partial charge in [-0.25, -0.2) is 9.97 Å². The van der Waals surface area contributed by atoms with Gasteiger partial charge in [0.15, 0.2) is 0 Å². The van der Waals surface area contributed by atoms with Crippen molar-refractivity contribution in [1.82, 2.24) is 14.5 Å². The molecule has 0 spiro atoms. The van der Waals surface area contributed by atoms with Crippen LogP contribution in [0.5, 0.6) is 0 Å². The molecular formula is C19H20N4. The molecule has 0 fully saturated rings. The molecule has 0 unspecified atom stereocenters. The number of rotatable bonds is 3. The highest BCUT2D eigenvalue weighted by Gasteiger charge is 2.04. The molecule has 2 aromatic heterocycles. The van der Waals surface area contributed by atoms with Gasteiger partial charge in [0.2, 0.25) is 0 Å². The molecule has 0 radical (unpaired) electrons. The number of allylic oxidation sites excluding steroid dienone is 1. The van der Waals surface area contributed by atoms with Crippen LogP contribution in [-0.4, -0.2) is 14.5 Å². The van der Waals surface area contributed by atoms with Crippen LogP contribution in [0.15, 0.2) is 54.6 Å². The van der Waals surface area contributed by atoms with E-state index in [1.165, 1.54) is 0 Å². The molecule has 0 atom stereocenters. The van der Waals surface area contributed by atoms with Crippen molar-refractivity contribution in [1.29, 1.82) is 5.26 Å². The molecule has 0 aliphatic heterocycles. The highest BCUT2D eigenvalue weighted by molar-refractivity contribution is 5.77. The summed E-state index contributed by atoms with van der Waals surface area (Å²) in [5.41, 5.74) is 3.68. The van der Waals surface area contributed by atoms with Crippen molar-refractivity contribution in [2.24, 2.45) is 0 Å². The van der Waals surface area contributed by atoms with Gasteiger partial charge >= 0.3 is 0 Å². The van der Waals surface area contributed by atoms with E-state index in [4.69, 9.17) is 5.26 Å². The lowest BCUT2D eigenvalue weighted by Crippen LogP contribution is -1.94. The maximum absolute atomic E-state index is 9.04. The van der Waals surface area contributed by atoms with Crippen LogP contribution in [0, 0.1) is 11.3 Å². The van der Waals surface area contributed by atoms with Gasteiger partial charge in [0.25, 0.3) is 0 Å². The number of benzene rings is 1. The van der Waals surface area contributed by atoms with E-state index in [2.05, 4.69) is 22.1 Å². The maximum atomic E-state index is 9.04. The molecule has 0 aliphatic rings. The third kappa shape index (κ3) is 3.64. The summed E-state index contributed by atoms with van der Waals surface area (Å²) >= 11 is 0. The zero-order valence-corrected chi connectivity index (χ0v) is 13.7. The number of aromatic nitrogens is 3. The van der Waals surface area contributed by atoms with Gasteiger partial charge < -0.3 is 4.57 Å². The minimum Gasteiger partial charge on any atom is -0.301 e. The Labute approximate surface area is 136 Å². The Bertz CT molecular complexity index is 853. The molecule has 0 saturated heterocycles. The van der Waals surface area contributed by atoms with E-state index in [1.807, 2.05) is 61.9 Å². The number of nitriles is 1.